The Labute approximate surface area is 151 Å². The highest BCUT2D eigenvalue weighted by Gasteiger charge is 2.11. The van der Waals surface area contributed by atoms with Gasteiger partial charge in [-0.15, -0.1) is 0 Å². The number of hydrogen-bond acceptors (Lipinski definition) is 4. The number of anilines is 1. The van der Waals surface area contributed by atoms with Crippen LogP contribution in [-0.2, 0) is 9.53 Å². The number of rotatable bonds is 7. The van der Waals surface area contributed by atoms with E-state index in [0.717, 1.165) is 0 Å². The van der Waals surface area contributed by atoms with Crippen LogP contribution in [0.25, 0.3) is 0 Å². The third kappa shape index (κ3) is 7.14. The lowest BCUT2D eigenvalue weighted by molar-refractivity contribution is -0.123. The van der Waals surface area contributed by atoms with Crippen molar-refractivity contribution in [2.24, 2.45) is 0 Å². The summed E-state index contributed by atoms with van der Waals surface area (Å²) in [5, 5.41) is 5.80. The van der Waals surface area contributed by atoms with Crippen LogP contribution in [0.5, 0.6) is 5.75 Å². The molecule has 0 saturated heterocycles. The van der Waals surface area contributed by atoms with E-state index in [-0.39, 0.29) is 19.1 Å². The molecule has 0 aliphatic heterocycles. The van der Waals surface area contributed by atoms with Crippen LogP contribution in [0.4, 0.5) is 10.5 Å². The van der Waals surface area contributed by atoms with Crippen molar-refractivity contribution in [1.29, 1.82) is 0 Å². The molecule has 25 heavy (non-hydrogen) atoms. The van der Waals surface area contributed by atoms with Crippen molar-refractivity contribution in [3.63, 3.8) is 0 Å². The fourth-order valence-electron chi connectivity index (χ4n) is 1.88. The molecule has 0 spiro atoms. The Morgan fingerprint density at radius 1 is 1.08 bits per heavy atom. The highest BCUT2D eigenvalue weighted by atomic mass is 35.5. The third-order valence-corrected chi connectivity index (χ3v) is 3.35. The van der Waals surface area contributed by atoms with Crippen LogP contribution in [0, 0.1) is 0 Å². The molecule has 2 N–H and O–H groups in total. The molecule has 0 bridgehead atoms. The summed E-state index contributed by atoms with van der Waals surface area (Å²) in [5.41, 5.74) is 0.571. The van der Waals surface area contributed by atoms with Gasteiger partial charge in [0.1, 0.15) is 11.9 Å². The molecule has 0 aromatic heterocycles. The number of hydrogen-bond donors (Lipinski definition) is 2. The average molecular weight is 363 g/mol. The van der Waals surface area contributed by atoms with Gasteiger partial charge in [0.25, 0.3) is 5.91 Å². The van der Waals surface area contributed by atoms with E-state index in [9.17, 15) is 9.59 Å². The van der Waals surface area contributed by atoms with E-state index in [1.807, 2.05) is 18.2 Å². The number of ether oxygens (including phenoxy) is 2. The van der Waals surface area contributed by atoms with Crippen LogP contribution in [0.3, 0.4) is 0 Å². The van der Waals surface area contributed by atoms with Gasteiger partial charge in [0.15, 0.2) is 6.61 Å². The van der Waals surface area contributed by atoms with E-state index in [0.29, 0.717) is 16.5 Å². The van der Waals surface area contributed by atoms with Crippen LogP contribution >= 0.6 is 11.6 Å². The van der Waals surface area contributed by atoms with Crippen LogP contribution in [0.1, 0.15) is 6.92 Å². The molecule has 0 aliphatic rings. The molecule has 0 saturated carbocycles. The second-order valence-electron chi connectivity index (χ2n) is 5.25. The number of amides is 2. The summed E-state index contributed by atoms with van der Waals surface area (Å²) >= 11 is 5.77. The molecule has 2 rings (SSSR count). The predicted molar refractivity (Wildman–Crippen MR) is 96.0 cm³/mol. The topological polar surface area (TPSA) is 76.7 Å². The summed E-state index contributed by atoms with van der Waals surface area (Å²) in [6.45, 7) is 1.76. The molecule has 2 amide bonds. The lowest BCUT2D eigenvalue weighted by atomic mass is 10.3. The maximum absolute atomic E-state index is 11.8. The van der Waals surface area contributed by atoms with Crippen LogP contribution in [0.15, 0.2) is 54.6 Å². The second kappa shape index (κ2) is 9.54. The first-order valence-electron chi connectivity index (χ1n) is 7.70. The Balaban J connectivity index is 1.65. The minimum Gasteiger partial charge on any atom is -0.484 e. The van der Waals surface area contributed by atoms with Gasteiger partial charge in [-0.1, -0.05) is 29.8 Å². The van der Waals surface area contributed by atoms with Gasteiger partial charge >= 0.3 is 6.09 Å². The number of para-hydroxylation sites is 1. The summed E-state index contributed by atoms with van der Waals surface area (Å²) < 4.78 is 10.5. The van der Waals surface area contributed by atoms with Gasteiger partial charge in [-0.3, -0.25) is 10.1 Å². The first kappa shape index (κ1) is 18.6. The predicted octanol–water partition coefficient (Wildman–Crippen LogP) is 3.47. The summed E-state index contributed by atoms with van der Waals surface area (Å²) in [7, 11) is 0. The van der Waals surface area contributed by atoms with E-state index >= 15 is 0 Å². The lowest BCUT2D eigenvalue weighted by Gasteiger charge is -2.15. The molecule has 0 fully saturated rings. The van der Waals surface area contributed by atoms with Crippen LogP contribution in [-0.4, -0.2) is 31.3 Å². The minimum absolute atomic E-state index is 0.103. The van der Waals surface area contributed by atoms with Gasteiger partial charge in [0.2, 0.25) is 0 Å². The minimum atomic E-state index is -0.607. The van der Waals surface area contributed by atoms with Gasteiger partial charge < -0.3 is 14.8 Å². The van der Waals surface area contributed by atoms with Crippen molar-refractivity contribution < 1.29 is 19.1 Å². The Bertz CT molecular complexity index is 692. The summed E-state index contributed by atoms with van der Waals surface area (Å²) in [5.74, 6) is 0.321. The maximum Gasteiger partial charge on any atom is 0.411 e. The summed E-state index contributed by atoms with van der Waals surface area (Å²) in [4.78, 5) is 23.5. The zero-order valence-corrected chi connectivity index (χ0v) is 14.5. The Hall–Kier alpha value is -2.73. The molecule has 132 valence electrons. The number of nitrogens with one attached hydrogen (secondary N) is 2. The third-order valence-electron chi connectivity index (χ3n) is 3.10. The van der Waals surface area contributed by atoms with E-state index in [1.165, 1.54) is 0 Å². The largest absolute Gasteiger partial charge is 0.484 e. The number of halogens is 1. The number of carbonyl (C=O) groups is 2. The van der Waals surface area contributed by atoms with Gasteiger partial charge in [0.05, 0.1) is 6.54 Å². The Kier molecular flexibility index (Phi) is 7.10. The average Bonchev–Trinajstić information content (AvgIpc) is 2.61. The molecular weight excluding hydrogens is 344 g/mol. The van der Waals surface area contributed by atoms with Crippen molar-refractivity contribution in [3.05, 3.63) is 59.6 Å². The highest BCUT2D eigenvalue weighted by Crippen LogP contribution is 2.13. The van der Waals surface area contributed by atoms with Gasteiger partial charge in [-0.05, 0) is 43.3 Å². The molecule has 2 aromatic carbocycles. The maximum atomic E-state index is 11.8. The number of benzene rings is 2. The smallest absolute Gasteiger partial charge is 0.411 e. The molecule has 6 nitrogen and oxygen atoms in total. The van der Waals surface area contributed by atoms with E-state index in [4.69, 9.17) is 21.1 Å². The molecule has 0 aliphatic carbocycles. The van der Waals surface area contributed by atoms with Gasteiger partial charge in [-0.2, -0.15) is 0 Å². The number of carbonyl (C=O) groups excluding carboxylic acids is 2. The molecule has 7 heteroatoms. The molecule has 1 atom stereocenters. The zero-order chi connectivity index (χ0) is 18.1. The summed E-state index contributed by atoms with van der Waals surface area (Å²) in [6, 6.07) is 15.7. The molecule has 0 radical (unpaired) electrons. The zero-order valence-electron chi connectivity index (χ0n) is 13.7. The quantitative estimate of drug-likeness (QED) is 0.790. The van der Waals surface area contributed by atoms with E-state index in [1.54, 1.807) is 43.3 Å². The standard InChI is InChI=1S/C18H19ClN2O4/c1-13(25-18(23)21-15-9-7-14(19)8-10-15)11-20-17(22)12-24-16-5-3-2-4-6-16/h2-10,13H,11-12H2,1H3,(H,20,22)(H,21,23)/t13-/m0/s1. The first-order valence-corrected chi connectivity index (χ1v) is 8.08. The summed E-state index contributed by atoms with van der Waals surface area (Å²) in [6.07, 6.45) is -1.10. The Morgan fingerprint density at radius 2 is 1.76 bits per heavy atom. The normalized spacial score (nSPS) is 11.3. The molecule has 2 aromatic rings. The monoisotopic (exact) mass is 362 g/mol. The van der Waals surface area contributed by atoms with E-state index in [2.05, 4.69) is 10.6 Å². The molecular formula is C18H19ClN2O4. The van der Waals surface area contributed by atoms with Gasteiger partial charge in [0, 0.05) is 10.7 Å². The Morgan fingerprint density at radius 3 is 2.44 bits per heavy atom. The van der Waals surface area contributed by atoms with Crippen molar-refractivity contribution in [3.8, 4) is 5.75 Å². The van der Waals surface area contributed by atoms with Crippen molar-refractivity contribution in [2.75, 3.05) is 18.5 Å². The van der Waals surface area contributed by atoms with Crippen molar-refractivity contribution >= 4 is 29.3 Å². The van der Waals surface area contributed by atoms with Crippen molar-refractivity contribution in [1.82, 2.24) is 5.32 Å². The van der Waals surface area contributed by atoms with Crippen LogP contribution < -0.4 is 15.4 Å². The van der Waals surface area contributed by atoms with Gasteiger partial charge in [-0.25, -0.2) is 4.79 Å². The fourth-order valence-corrected chi connectivity index (χ4v) is 2.01. The van der Waals surface area contributed by atoms with Crippen molar-refractivity contribution in [2.45, 2.75) is 13.0 Å². The lowest BCUT2D eigenvalue weighted by Crippen LogP contribution is -2.36. The van der Waals surface area contributed by atoms with Crippen LogP contribution in [0.2, 0.25) is 5.02 Å². The highest BCUT2D eigenvalue weighted by molar-refractivity contribution is 6.30. The molecule has 0 heterocycles. The fraction of sp³-hybridized carbons (Fsp3) is 0.222. The second-order valence-corrected chi connectivity index (χ2v) is 5.69. The molecule has 0 unspecified atom stereocenters. The SMILES string of the molecule is C[C@@H](CNC(=O)COc1ccccc1)OC(=O)Nc1ccc(Cl)cc1. The van der Waals surface area contributed by atoms with E-state index < -0.39 is 12.2 Å². The first-order chi connectivity index (χ1) is 12.0.